The van der Waals surface area contributed by atoms with Crippen LogP contribution >= 0.6 is 11.3 Å². The number of rotatable bonds is 3. The van der Waals surface area contributed by atoms with Crippen LogP contribution in [-0.2, 0) is 6.42 Å². The molecule has 0 spiro atoms. The molecule has 6 heteroatoms. The summed E-state index contributed by atoms with van der Waals surface area (Å²) in [4.78, 5) is 2.72. The van der Waals surface area contributed by atoms with Gasteiger partial charge in [0.25, 0.3) is 0 Å². The Morgan fingerprint density at radius 3 is 2.79 bits per heavy atom. The Morgan fingerprint density at radius 1 is 1.53 bits per heavy atom. The Hall–Kier alpha value is -0.590. The molecule has 3 atom stereocenters. The molecule has 2 N–H and O–H groups in total. The average Bonchev–Trinajstić information content (AvgIpc) is 2.79. The lowest BCUT2D eigenvalue weighted by Gasteiger charge is -2.42. The maximum Gasteiger partial charge on any atom is 0.405 e. The highest BCUT2D eigenvalue weighted by atomic mass is 32.1. The van der Waals surface area contributed by atoms with Crippen LogP contribution in [0.2, 0.25) is 0 Å². The Labute approximate surface area is 115 Å². The molecule has 19 heavy (non-hydrogen) atoms. The minimum Gasteiger partial charge on any atom is -0.326 e. The van der Waals surface area contributed by atoms with Crippen molar-refractivity contribution in [3.05, 3.63) is 21.9 Å². The SMILES string of the molecule is CCC(N)C(N1CCc2sccc2C1C)C(F)(F)F. The van der Waals surface area contributed by atoms with Gasteiger partial charge in [-0.05, 0) is 36.8 Å². The lowest BCUT2D eigenvalue weighted by Crippen LogP contribution is -2.57. The fourth-order valence-corrected chi connectivity index (χ4v) is 3.77. The predicted octanol–water partition coefficient (Wildman–Crippen LogP) is 3.34. The Balaban J connectivity index is 2.29. The largest absolute Gasteiger partial charge is 0.405 e. The minimum atomic E-state index is -4.28. The lowest BCUT2D eigenvalue weighted by atomic mass is 9.95. The molecule has 108 valence electrons. The van der Waals surface area contributed by atoms with E-state index in [1.54, 1.807) is 18.3 Å². The molecule has 2 rings (SSSR count). The second-order valence-electron chi connectivity index (χ2n) is 5.02. The van der Waals surface area contributed by atoms with Crippen molar-refractivity contribution < 1.29 is 13.2 Å². The minimum absolute atomic E-state index is 0.223. The van der Waals surface area contributed by atoms with Crippen LogP contribution in [0, 0.1) is 0 Å². The van der Waals surface area contributed by atoms with Gasteiger partial charge in [-0.3, -0.25) is 4.90 Å². The maximum atomic E-state index is 13.3. The topological polar surface area (TPSA) is 29.3 Å². The molecule has 2 nitrogen and oxygen atoms in total. The van der Waals surface area contributed by atoms with Crippen molar-refractivity contribution >= 4 is 11.3 Å². The smallest absolute Gasteiger partial charge is 0.326 e. The summed E-state index contributed by atoms with van der Waals surface area (Å²) in [6.07, 6.45) is -3.28. The highest BCUT2D eigenvalue weighted by Gasteiger charge is 2.49. The normalized spacial score (nSPS) is 24.0. The molecular formula is C13H19F3N2S. The van der Waals surface area contributed by atoms with Crippen molar-refractivity contribution in [2.24, 2.45) is 5.73 Å². The summed E-state index contributed by atoms with van der Waals surface area (Å²) in [5.41, 5.74) is 6.75. The lowest BCUT2D eigenvalue weighted by molar-refractivity contribution is -0.196. The van der Waals surface area contributed by atoms with Gasteiger partial charge >= 0.3 is 6.18 Å². The molecule has 0 saturated carbocycles. The second-order valence-corrected chi connectivity index (χ2v) is 6.02. The summed E-state index contributed by atoms with van der Waals surface area (Å²) < 4.78 is 39.9. The van der Waals surface area contributed by atoms with Crippen LogP contribution in [0.3, 0.4) is 0 Å². The third kappa shape index (κ3) is 2.80. The highest BCUT2D eigenvalue weighted by molar-refractivity contribution is 7.10. The molecule has 0 amide bonds. The van der Waals surface area contributed by atoms with Gasteiger partial charge in [0.1, 0.15) is 6.04 Å². The van der Waals surface area contributed by atoms with Crippen LogP contribution in [0.5, 0.6) is 0 Å². The summed E-state index contributed by atoms with van der Waals surface area (Å²) in [7, 11) is 0. The molecule has 1 aliphatic heterocycles. The van der Waals surface area contributed by atoms with Crippen LogP contribution in [0.1, 0.15) is 36.8 Å². The van der Waals surface area contributed by atoms with E-state index in [9.17, 15) is 13.2 Å². The Bertz CT molecular complexity index is 430. The van der Waals surface area contributed by atoms with Gasteiger partial charge in [-0.15, -0.1) is 11.3 Å². The van der Waals surface area contributed by atoms with Crippen molar-refractivity contribution in [3.8, 4) is 0 Å². The number of alkyl halides is 3. The first-order valence-electron chi connectivity index (χ1n) is 6.50. The van der Waals surface area contributed by atoms with Crippen molar-refractivity contribution in [2.75, 3.05) is 6.54 Å². The van der Waals surface area contributed by atoms with Crippen molar-refractivity contribution in [2.45, 2.75) is 51.0 Å². The number of halogens is 3. The number of fused-ring (bicyclic) bond motifs is 1. The number of hydrogen-bond donors (Lipinski definition) is 1. The summed E-state index contributed by atoms with van der Waals surface area (Å²) in [5.74, 6) is 0. The van der Waals surface area contributed by atoms with E-state index in [0.29, 0.717) is 19.4 Å². The molecule has 0 radical (unpaired) electrons. The second kappa shape index (κ2) is 5.42. The van der Waals surface area contributed by atoms with E-state index in [0.717, 1.165) is 5.56 Å². The fourth-order valence-electron chi connectivity index (χ4n) is 2.81. The first-order chi connectivity index (χ1) is 8.86. The first kappa shape index (κ1) is 14.8. The number of hydrogen-bond acceptors (Lipinski definition) is 3. The fraction of sp³-hybridized carbons (Fsp3) is 0.692. The van der Waals surface area contributed by atoms with Gasteiger partial charge < -0.3 is 5.73 Å². The Kier molecular flexibility index (Phi) is 4.23. The van der Waals surface area contributed by atoms with Crippen LogP contribution in [0.4, 0.5) is 13.2 Å². The van der Waals surface area contributed by atoms with Crippen LogP contribution in [0.25, 0.3) is 0 Å². The number of nitrogens with two attached hydrogens (primary N) is 1. The predicted molar refractivity (Wildman–Crippen MR) is 71.3 cm³/mol. The zero-order valence-corrected chi connectivity index (χ0v) is 11.9. The van der Waals surface area contributed by atoms with Gasteiger partial charge in [-0.2, -0.15) is 13.2 Å². The number of thiophene rings is 1. The quantitative estimate of drug-likeness (QED) is 0.926. The first-order valence-corrected chi connectivity index (χ1v) is 7.38. The van der Waals surface area contributed by atoms with Crippen LogP contribution in [-0.4, -0.2) is 29.7 Å². The maximum absolute atomic E-state index is 13.3. The van der Waals surface area contributed by atoms with Gasteiger partial charge in [-0.1, -0.05) is 6.92 Å². The molecule has 0 saturated heterocycles. The molecule has 3 unspecified atom stereocenters. The van der Waals surface area contributed by atoms with Gasteiger partial charge in [0.2, 0.25) is 0 Å². The summed E-state index contributed by atoms with van der Waals surface area (Å²) >= 11 is 1.63. The molecule has 2 heterocycles. The van der Waals surface area contributed by atoms with Crippen molar-refractivity contribution in [3.63, 3.8) is 0 Å². The zero-order valence-electron chi connectivity index (χ0n) is 11.1. The third-order valence-corrected chi connectivity index (χ3v) is 4.89. The van der Waals surface area contributed by atoms with Crippen LogP contribution in [0.15, 0.2) is 11.4 Å². The summed E-state index contributed by atoms with van der Waals surface area (Å²) in [6.45, 7) is 3.96. The van der Waals surface area contributed by atoms with Gasteiger partial charge in [0, 0.05) is 23.5 Å². The highest BCUT2D eigenvalue weighted by Crippen LogP contribution is 2.38. The van der Waals surface area contributed by atoms with Gasteiger partial charge in [-0.25, -0.2) is 0 Å². The average molecular weight is 292 g/mol. The monoisotopic (exact) mass is 292 g/mol. The number of nitrogens with zero attached hydrogens (tertiary/aromatic N) is 1. The van der Waals surface area contributed by atoms with E-state index in [2.05, 4.69) is 0 Å². The molecule has 0 aliphatic carbocycles. The molecule has 1 aromatic heterocycles. The van der Waals surface area contributed by atoms with E-state index >= 15 is 0 Å². The molecule has 0 aromatic carbocycles. The van der Waals surface area contributed by atoms with E-state index < -0.39 is 18.3 Å². The zero-order chi connectivity index (χ0) is 14.2. The summed E-state index contributed by atoms with van der Waals surface area (Å²) in [5, 5.41) is 1.95. The van der Waals surface area contributed by atoms with E-state index in [-0.39, 0.29) is 6.04 Å². The van der Waals surface area contributed by atoms with Crippen molar-refractivity contribution in [1.29, 1.82) is 0 Å². The van der Waals surface area contributed by atoms with Gasteiger partial charge in [0.05, 0.1) is 0 Å². The third-order valence-electron chi connectivity index (χ3n) is 3.89. The molecular weight excluding hydrogens is 273 g/mol. The van der Waals surface area contributed by atoms with E-state index in [4.69, 9.17) is 5.73 Å². The molecule has 0 fully saturated rings. The van der Waals surface area contributed by atoms with Crippen molar-refractivity contribution in [1.82, 2.24) is 4.90 Å². The van der Waals surface area contributed by atoms with E-state index in [1.807, 2.05) is 18.4 Å². The van der Waals surface area contributed by atoms with E-state index in [1.165, 1.54) is 9.78 Å². The van der Waals surface area contributed by atoms with Crippen LogP contribution < -0.4 is 5.73 Å². The standard InChI is InChI=1S/C13H19F3N2S/c1-3-10(17)12(13(14,15)16)18-6-4-11-9(8(18)2)5-7-19-11/h5,7-8,10,12H,3-4,6,17H2,1-2H3. The molecule has 0 bridgehead atoms. The summed E-state index contributed by atoms with van der Waals surface area (Å²) in [6, 6.07) is -0.718. The van der Waals surface area contributed by atoms with Gasteiger partial charge in [0.15, 0.2) is 0 Å². The Morgan fingerprint density at radius 2 is 2.21 bits per heavy atom. The molecule has 1 aromatic rings. The molecule has 1 aliphatic rings.